The number of fused-ring (bicyclic) bond motifs is 1. The first-order chi connectivity index (χ1) is 5.83. The summed E-state index contributed by atoms with van der Waals surface area (Å²) in [6.45, 7) is -0.00921. The average molecular weight is 160 g/mol. The molecule has 2 rings (SSSR count). The Labute approximate surface area is 72.6 Å². The van der Waals surface area contributed by atoms with Crippen molar-refractivity contribution >= 4 is 7.85 Å². The molecule has 1 aliphatic heterocycles. The molecule has 0 aliphatic carbocycles. The van der Waals surface area contributed by atoms with Crippen LogP contribution in [0.5, 0.6) is 0 Å². The summed E-state index contributed by atoms with van der Waals surface area (Å²) < 4.78 is 5.31. The van der Waals surface area contributed by atoms with E-state index in [4.69, 9.17) is 17.7 Å². The Kier molecular flexibility index (Phi) is 1.91. The fraction of sp³-hybridized carbons (Fsp3) is 0.333. The van der Waals surface area contributed by atoms with E-state index in [1.54, 1.807) is 0 Å². The van der Waals surface area contributed by atoms with Crippen LogP contribution in [-0.2, 0) is 4.74 Å². The van der Waals surface area contributed by atoms with Gasteiger partial charge in [-0.25, -0.2) is 0 Å². The van der Waals surface area contributed by atoms with Crippen molar-refractivity contribution in [1.29, 1.82) is 0 Å². The number of ether oxygens (including phenoxy) is 1. The predicted octanol–water partition coefficient (Wildman–Crippen LogP) is 0.917. The van der Waals surface area contributed by atoms with E-state index in [1.807, 2.05) is 24.3 Å². The van der Waals surface area contributed by atoms with Crippen LogP contribution in [-0.4, -0.2) is 19.6 Å². The van der Waals surface area contributed by atoms with Crippen molar-refractivity contribution in [1.82, 2.24) is 0 Å². The van der Waals surface area contributed by atoms with Gasteiger partial charge in [0.05, 0.1) is 6.61 Å². The molecule has 2 radical (unpaired) electrons. The molecule has 0 bridgehead atoms. The summed E-state index contributed by atoms with van der Waals surface area (Å²) in [6.07, 6.45) is -0.240. The Balaban J connectivity index is 2.43. The molecule has 0 saturated heterocycles. The first-order valence-corrected chi connectivity index (χ1v) is 3.93. The monoisotopic (exact) mass is 160 g/mol. The summed E-state index contributed by atoms with van der Waals surface area (Å²) in [6, 6.07) is 7.32. The van der Waals surface area contributed by atoms with Crippen molar-refractivity contribution in [3.63, 3.8) is 0 Å². The van der Waals surface area contributed by atoms with Gasteiger partial charge in [-0.2, -0.15) is 0 Å². The molecule has 1 heterocycles. The Bertz CT molecular complexity index is 288. The summed E-state index contributed by atoms with van der Waals surface area (Å²) in [4.78, 5) is 0. The van der Waals surface area contributed by atoms with E-state index >= 15 is 0 Å². The van der Waals surface area contributed by atoms with Crippen LogP contribution in [0.3, 0.4) is 0 Å². The fourth-order valence-electron chi connectivity index (χ4n) is 1.53. The molecule has 60 valence electrons. The van der Waals surface area contributed by atoms with Crippen LogP contribution < -0.4 is 0 Å². The van der Waals surface area contributed by atoms with Crippen LogP contribution in [0.1, 0.15) is 23.2 Å². The summed E-state index contributed by atoms with van der Waals surface area (Å²) in [5.74, 6) is 0. The number of benzene rings is 1. The number of hydrogen-bond donors (Lipinski definition) is 1. The normalized spacial score (nSPS) is 27.1. The average Bonchev–Trinajstić information content (AvgIpc) is 2.44. The van der Waals surface area contributed by atoms with Gasteiger partial charge in [0.2, 0.25) is 0 Å². The lowest BCUT2D eigenvalue weighted by Crippen LogP contribution is -2.02. The standard InChI is InChI=1S/C9H9BO2/c10-9-7-4-2-1-3-6(7)8(5-11)12-9/h1-4,8-9,11H,5H2/t8-,9-/m1/s1. The van der Waals surface area contributed by atoms with Crippen LogP contribution in [0.2, 0.25) is 0 Å². The predicted molar refractivity (Wildman–Crippen MR) is 45.8 cm³/mol. The van der Waals surface area contributed by atoms with Gasteiger partial charge in [-0.15, -0.1) is 0 Å². The smallest absolute Gasteiger partial charge is 0.115 e. The van der Waals surface area contributed by atoms with Gasteiger partial charge in [-0.3, -0.25) is 0 Å². The lowest BCUT2D eigenvalue weighted by molar-refractivity contribution is 0.0154. The third-order valence-electron chi connectivity index (χ3n) is 2.13. The Hall–Kier alpha value is -0.795. The zero-order chi connectivity index (χ0) is 8.55. The molecule has 12 heavy (non-hydrogen) atoms. The Morgan fingerprint density at radius 3 is 2.67 bits per heavy atom. The van der Waals surface area contributed by atoms with Crippen molar-refractivity contribution in [2.24, 2.45) is 0 Å². The molecule has 3 heteroatoms. The molecule has 0 unspecified atom stereocenters. The van der Waals surface area contributed by atoms with E-state index in [0.717, 1.165) is 11.1 Å². The summed E-state index contributed by atoms with van der Waals surface area (Å²) >= 11 is 0. The minimum absolute atomic E-state index is 0.00921. The third kappa shape index (κ3) is 1.06. The van der Waals surface area contributed by atoms with Gasteiger partial charge in [0.1, 0.15) is 14.0 Å². The minimum Gasteiger partial charge on any atom is -0.393 e. The molecule has 0 aromatic heterocycles. The van der Waals surface area contributed by atoms with E-state index in [0.29, 0.717) is 0 Å². The third-order valence-corrected chi connectivity index (χ3v) is 2.13. The molecule has 0 saturated carbocycles. The number of aliphatic hydroxyl groups is 1. The molecule has 1 aromatic rings. The van der Waals surface area contributed by atoms with Gasteiger partial charge in [-0.05, 0) is 11.1 Å². The maximum absolute atomic E-state index is 8.95. The maximum Gasteiger partial charge on any atom is 0.115 e. The second-order valence-electron chi connectivity index (χ2n) is 2.86. The largest absolute Gasteiger partial charge is 0.393 e. The van der Waals surface area contributed by atoms with Crippen molar-refractivity contribution < 1.29 is 9.84 Å². The molecule has 2 nitrogen and oxygen atoms in total. The van der Waals surface area contributed by atoms with Gasteiger partial charge < -0.3 is 9.84 Å². The van der Waals surface area contributed by atoms with Crippen LogP contribution in [0, 0.1) is 0 Å². The lowest BCUT2D eigenvalue weighted by Gasteiger charge is -2.07. The SMILES string of the molecule is [B][C@@H]1O[C@H](CO)c2ccccc21. The van der Waals surface area contributed by atoms with Gasteiger partial charge in [0.15, 0.2) is 0 Å². The zero-order valence-corrected chi connectivity index (χ0v) is 6.60. The van der Waals surface area contributed by atoms with Gasteiger partial charge >= 0.3 is 0 Å². The van der Waals surface area contributed by atoms with Crippen molar-refractivity contribution in [3.8, 4) is 0 Å². The molecular weight excluding hydrogens is 151 g/mol. The minimum atomic E-state index is -0.377. The highest BCUT2D eigenvalue weighted by Crippen LogP contribution is 2.36. The topological polar surface area (TPSA) is 29.5 Å². The fourth-order valence-corrected chi connectivity index (χ4v) is 1.53. The van der Waals surface area contributed by atoms with Crippen LogP contribution in [0.15, 0.2) is 24.3 Å². The van der Waals surface area contributed by atoms with Crippen molar-refractivity contribution in [2.75, 3.05) is 6.61 Å². The van der Waals surface area contributed by atoms with Gasteiger partial charge in [-0.1, -0.05) is 24.3 Å². The van der Waals surface area contributed by atoms with Crippen LogP contribution >= 0.6 is 0 Å². The second-order valence-corrected chi connectivity index (χ2v) is 2.86. The molecule has 1 N–H and O–H groups in total. The van der Waals surface area contributed by atoms with Crippen molar-refractivity contribution in [2.45, 2.75) is 12.1 Å². The molecule has 1 aliphatic rings. The summed E-state index contributed by atoms with van der Waals surface area (Å²) in [7, 11) is 5.68. The Morgan fingerprint density at radius 2 is 2.00 bits per heavy atom. The highest BCUT2D eigenvalue weighted by molar-refractivity contribution is 6.11. The lowest BCUT2D eigenvalue weighted by atomic mass is 9.91. The Morgan fingerprint density at radius 1 is 1.33 bits per heavy atom. The molecule has 0 fully saturated rings. The molecule has 2 atom stereocenters. The summed E-state index contributed by atoms with van der Waals surface area (Å²) in [5, 5.41) is 8.95. The molecular formula is C9H9BO2. The first-order valence-electron chi connectivity index (χ1n) is 3.93. The van der Waals surface area contributed by atoms with Crippen molar-refractivity contribution in [3.05, 3.63) is 35.4 Å². The number of hydrogen-bond acceptors (Lipinski definition) is 2. The van der Waals surface area contributed by atoms with Crippen LogP contribution in [0.4, 0.5) is 0 Å². The zero-order valence-electron chi connectivity index (χ0n) is 6.60. The highest BCUT2D eigenvalue weighted by atomic mass is 16.5. The molecule has 1 aromatic carbocycles. The van der Waals surface area contributed by atoms with Gasteiger partial charge in [0, 0.05) is 6.00 Å². The summed E-state index contributed by atoms with van der Waals surface area (Å²) in [5.41, 5.74) is 1.99. The number of rotatable bonds is 1. The van der Waals surface area contributed by atoms with E-state index in [9.17, 15) is 0 Å². The second kappa shape index (κ2) is 2.92. The maximum atomic E-state index is 8.95. The van der Waals surface area contributed by atoms with E-state index in [-0.39, 0.29) is 18.7 Å². The van der Waals surface area contributed by atoms with E-state index < -0.39 is 0 Å². The molecule has 0 spiro atoms. The quantitative estimate of drug-likeness (QED) is 0.618. The number of aliphatic hydroxyl groups excluding tert-OH is 1. The van der Waals surface area contributed by atoms with E-state index in [1.165, 1.54) is 0 Å². The van der Waals surface area contributed by atoms with Crippen LogP contribution in [0.25, 0.3) is 0 Å². The molecule has 0 amide bonds. The first kappa shape index (κ1) is 7.83. The van der Waals surface area contributed by atoms with Gasteiger partial charge in [0.25, 0.3) is 0 Å². The van der Waals surface area contributed by atoms with E-state index in [2.05, 4.69) is 0 Å². The highest BCUT2D eigenvalue weighted by Gasteiger charge is 2.26.